The van der Waals surface area contributed by atoms with Crippen LogP contribution < -0.4 is 4.90 Å². The van der Waals surface area contributed by atoms with Crippen LogP contribution in [0.25, 0.3) is 0 Å². The van der Waals surface area contributed by atoms with E-state index in [-0.39, 0.29) is 5.91 Å². The van der Waals surface area contributed by atoms with E-state index >= 15 is 0 Å². The third-order valence-electron chi connectivity index (χ3n) is 4.53. The molecule has 4 rings (SSSR count). The molecule has 1 N–H and O–H groups in total. The number of anilines is 1. The Hall–Kier alpha value is -1.66. The molecule has 0 saturated carbocycles. The Labute approximate surface area is 129 Å². The summed E-state index contributed by atoms with van der Waals surface area (Å²) >= 11 is 3.44. The fourth-order valence-corrected chi connectivity index (χ4v) is 4.15. The van der Waals surface area contributed by atoms with Crippen LogP contribution in [-0.4, -0.2) is 35.2 Å². The van der Waals surface area contributed by atoms with Crippen molar-refractivity contribution in [3.05, 3.63) is 40.9 Å². The quantitative estimate of drug-likeness (QED) is 0.827. The van der Waals surface area contributed by atoms with Crippen LogP contribution in [0.15, 0.2) is 40.9 Å². The van der Waals surface area contributed by atoms with Crippen LogP contribution in [0.1, 0.15) is 0 Å². The normalized spacial score (nSPS) is 36.3. The predicted octanol–water partition coefficient (Wildman–Crippen LogP) is 1.82. The summed E-state index contributed by atoms with van der Waals surface area (Å²) < 4.78 is 6.66. The molecule has 1 spiro atoms. The van der Waals surface area contributed by atoms with E-state index in [0.717, 1.165) is 10.2 Å². The third-order valence-corrected chi connectivity index (χ3v) is 5.20. The molecule has 3 aliphatic rings. The van der Waals surface area contributed by atoms with Gasteiger partial charge < -0.3 is 14.7 Å². The molecule has 21 heavy (non-hydrogen) atoms. The van der Waals surface area contributed by atoms with Gasteiger partial charge in [-0.15, -0.1) is 0 Å². The fraction of sp³-hybridized carbons (Fsp3) is 0.333. The number of carbonyl (C=O) groups excluding carboxylic acids is 1. The number of hydrogen-bond acceptors (Lipinski definition) is 3. The smallest absolute Gasteiger partial charge is 0.310 e. The van der Waals surface area contributed by atoms with Gasteiger partial charge in [0.2, 0.25) is 5.91 Å². The summed E-state index contributed by atoms with van der Waals surface area (Å²) in [7, 11) is 0. The molecule has 108 valence electrons. The minimum atomic E-state index is -0.974. The predicted molar refractivity (Wildman–Crippen MR) is 77.9 cm³/mol. The van der Waals surface area contributed by atoms with Gasteiger partial charge in [-0.3, -0.25) is 9.59 Å². The second kappa shape index (κ2) is 4.18. The second-order valence-electron chi connectivity index (χ2n) is 5.61. The number of benzene rings is 1. The summed E-state index contributed by atoms with van der Waals surface area (Å²) in [5.41, 5.74) is -0.0454. The average molecular weight is 350 g/mol. The van der Waals surface area contributed by atoms with E-state index in [9.17, 15) is 14.7 Å². The largest absolute Gasteiger partial charge is 0.481 e. The highest BCUT2D eigenvalue weighted by molar-refractivity contribution is 9.10. The van der Waals surface area contributed by atoms with Crippen LogP contribution in [0, 0.1) is 11.8 Å². The van der Waals surface area contributed by atoms with Crippen molar-refractivity contribution in [3.63, 3.8) is 0 Å². The van der Waals surface area contributed by atoms with Crippen LogP contribution in [0.5, 0.6) is 0 Å². The number of hydrogen-bond donors (Lipinski definition) is 1. The number of ether oxygens (including phenoxy) is 1. The molecule has 6 heteroatoms. The molecule has 3 aliphatic heterocycles. The lowest BCUT2D eigenvalue weighted by molar-refractivity contribution is -0.146. The molecule has 0 unspecified atom stereocenters. The van der Waals surface area contributed by atoms with E-state index in [4.69, 9.17) is 4.74 Å². The average Bonchev–Trinajstić information content (AvgIpc) is 3.08. The van der Waals surface area contributed by atoms with Crippen LogP contribution >= 0.6 is 15.9 Å². The maximum Gasteiger partial charge on any atom is 0.310 e. The zero-order valence-corrected chi connectivity index (χ0v) is 12.5. The van der Waals surface area contributed by atoms with Gasteiger partial charge in [-0.05, 0) is 28.1 Å². The lowest BCUT2D eigenvalue weighted by Crippen LogP contribution is -2.39. The minimum absolute atomic E-state index is 0.179. The Bertz CT molecular complexity index is 688. The zero-order valence-electron chi connectivity index (χ0n) is 10.9. The molecule has 0 aromatic heterocycles. The molecule has 2 fully saturated rings. The fourth-order valence-electron chi connectivity index (χ4n) is 3.65. The van der Waals surface area contributed by atoms with Gasteiger partial charge >= 0.3 is 5.97 Å². The Morgan fingerprint density at radius 2 is 2.19 bits per heavy atom. The molecule has 1 aromatic carbocycles. The topological polar surface area (TPSA) is 66.8 Å². The molecule has 0 radical (unpaired) electrons. The number of carbonyl (C=O) groups is 2. The van der Waals surface area contributed by atoms with Crippen molar-refractivity contribution in [3.8, 4) is 0 Å². The number of fused-ring (bicyclic) bond motifs is 1. The Morgan fingerprint density at radius 3 is 2.90 bits per heavy atom. The summed E-state index contributed by atoms with van der Waals surface area (Å²) in [6, 6.07) is 7.42. The number of amides is 1. The summed E-state index contributed by atoms with van der Waals surface area (Å²) in [4.78, 5) is 25.9. The van der Waals surface area contributed by atoms with Gasteiger partial charge in [0.15, 0.2) is 0 Å². The molecule has 5 nitrogen and oxygen atoms in total. The van der Waals surface area contributed by atoms with Crippen LogP contribution in [-0.2, 0) is 14.3 Å². The SMILES string of the molecule is O=C(O)[C@H]1[C@H]2C=C[C@@]3(CN(c4ccccc4Br)C(=O)[C@@H]13)O2. The Balaban J connectivity index is 1.78. The first kappa shape index (κ1) is 13.0. The van der Waals surface area contributed by atoms with E-state index < -0.39 is 29.5 Å². The highest BCUT2D eigenvalue weighted by Gasteiger charge is 2.67. The number of carboxylic acid groups (broad SMARTS) is 1. The lowest BCUT2D eigenvalue weighted by Gasteiger charge is -2.22. The third kappa shape index (κ3) is 1.60. The van der Waals surface area contributed by atoms with Crippen molar-refractivity contribution >= 4 is 33.5 Å². The Morgan fingerprint density at radius 1 is 1.43 bits per heavy atom. The zero-order chi connectivity index (χ0) is 14.8. The van der Waals surface area contributed by atoms with Crippen LogP contribution in [0.3, 0.4) is 0 Å². The number of nitrogens with zero attached hydrogens (tertiary/aromatic N) is 1. The van der Waals surface area contributed by atoms with E-state index in [2.05, 4.69) is 15.9 Å². The van der Waals surface area contributed by atoms with Crippen LogP contribution in [0.2, 0.25) is 0 Å². The first-order valence-electron chi connectivity index (χ1n) is 6.69. The van der Waals surface area contributed by atoms with E-state index in [1.54, 1.807) is 11.0 Å². The number of aliphatic carboxylic acids is 1. The molecular weight excluding hydrogens is 338 g/mol. The van der Waals surface area contributed by atoms with Crippen LogP contribution in [0.4, 0.5) is 5.69 Å². The molecule has 2 bridgehead atoms. The maximum absolute atomic E-state index is 12.8. The standard InChI is InChI=1S/C15H12BrNO4/c16-8-3-1-2-4-9(8)17-7-15-6-5-10(21-15)11(14(19)20)12(15)13(17)18/h1-6,10-12H,7H2,(H,19,20)/t10-,11+,12-,15+/m1/s1. The lowest BCUT2D eigenvalue weighted by atomic mass is 9.77. The summed E-state index contributed by atoms with van der Waals surface area (Å²) in [6.45, 7) is 0.357. The molecule has 1 aromatic rings. The van der Waals surface area contributed by atoms with Gasteiger partial charge in [0.05, 0.1) is 24.3 Å². The van der Waals surface area contributed by atoms with Gasteiger partial charge in [0.1, 0.15) is 11.5 Å². The summed E-state index contributed by atoms with van der Waals surface area (Å²) in [6.07, 6.45) is 3.14. The van der Waals surface area contributed by atoms with E-state index in [0.29, 0.717) is 6.54 Å². The van der Waals surface area contributed by atoms with E-state index in [1.807, 2.05) is 30.3 Å². The first-order chi connectivity index (χ1) is 10.0. The highest BCUT2D eigenvalue weighted by Crippen LogP contribution is 2.53. The van der Waals surface area contributed by atoms with Crippen molar-refractivity contribution in [2.75, 3.05) is 11.4 Å². The second-order valence-corrected chi connectivity index (χ2v) is 6.47. The number of carboxylic acids is 1. The number of rotatable bonds is 2. The van der Waals surface area contributed by atoms with E-state index in [1.165, 1.54) is 0 Å². The molecule has 3 heterocycles. The monoisotopic (exact) mass is 349 g/mol. The van der Waals surface area contributed by atoms with Gasteiger partial charge in [0, 0.05) is 4.47 Å². The molecule has 0 aliphatic carbocycles. The van der Waals surface area contributed by atoms with Gasteiger partial charge in [-0.2, -0.15) is 0 Å². The van der Waals surface area contributed by atoms with Crippen molar-refractivity contribution < 1.29 is 19.4 Å². The van der Waals surface area contributed by atoms with Crippen molar-refractivity contribution in [1.29, 1.82) is 0 Å². The van der Waals surface area contributed by atoms with Crippen molar-refractivity contribution in [1.82, 2.24) is 0 Å². The molecule has 2 saturated heterocycles. The van der Waals surface area contributed by atoms with Crippen molar-refractivity contribution in [2.24, 2.45) is 11.8 Å². The van der Waals surface area contributed by atoms with Gasteiger partial charge in [-0.25, -0.2) is 0 Å². The van der Waals surface area contributed by atoms with Gasteiger partial charge in [-0.1, -0.05) is 24.3 Å². The summed E-state index contributed by atoms with van der Waals surface area (Å²) in [5.74, 6) is -2.59. The van der Waals surface area contributed by atoms with Gasteiger partial charge in [0.25, 0.3) is 0 Å². The maximum atomic E-state index is 12.8. The first-order valence-corrected chi connectivity index (χ1v) is 7.49. The number of halogens is 1. The minimum Gasteiger partial charge on any atom is -0.481 e. The molecule has 4 atom stereocenters. The highest BCUT2D eigenvalue weighted by atomic mass is 79.9. The molecular formula is C15H12BrNO4. The summed E-state index contributed by atoms with van der Waals surface area (Å²) in [5, 5.41) is 9.41. The number of para-hydroxylation sites is 1. The molecule has 1 amide bonds. The van der Waals surface area contributed by atoms with Crippen molar-refractivity contribution in [2.45, 2.75) is 11.7 Å². The Kier molecular flexibility index (Phi) is 2.59.